The molecule has 0 bridgehead atoms. The summed E-state index contributed by atoms with van der Waals surface area (Å²) < 4.78 is 2.11. The van der Waals surface area contributed by atoms with Crippen LogP contribution in [0, 0.1) is 20.8 Å². The number of nitrogens with zero attached hydrogens (tertiary/aromatic N) is 3. The molecule has 0 atom stereocenters. The zero-order valence-corrected chi connectivity index (χ0v) is 17.0. The maximum Gasteiger partial charge on any atom is 0.230 e. The van der Waals surface area contributed by atoms with Crippen LogP contribution in [0.4, 0.5) is 0 Å². The van der Waals surface area contributed by atoms with E-state index in [1.165, 1.54) is 47.5 Å². The number of thioether (sulfide) groups is 1. The number of nitrogens with one attached hydrogen (secondary N) is 1. The maximum atomic E-state index is 12.4. The molecule has 0 aliphatic heterocycles. The van der Waals surface area contributed by atoms with E-state index in [4.69, 9.17) is 0 Å². The predicted octanol–water partition coefficient (Wildman–Crippen LogP) is 4.35. The average molecular weight is 383 g/mol. The summed E-state index contributed by atoms with van der Waals surface area (Å²) in [6.45, 7) is 6.29. The Kier molecular flexibility index (Phi) is 5.08. The highest BCUT2D eigenvalue weighted by molar-refractivity contribution is 7.99. The van der Waals surface area contributed by atoms with Gasteiger partial charge in [0.25, 0.3) is 0 Å². The third kappa shape index (κ3) is 3.68. The first-order valence-corrected chi connectivity index (χ1v) is 10.7. The molecule has 6 heteroatoms. The van der Waals surface area contributed by atoms with Crippen LogP contribution in [0.5, 0.6) is 0 Å². The van der Waals surface area contributed by atoms with Gasteiger partial charge in [0.15, 0.2) is 10.8 Å². The van der Waals surface area contributed by atoms with Crippen LogP contribution in [0.2, 0.25) is 0 Å². The average Bonchev–Trinajstić information content (AvgIpc) is 3.05. The highest BCUT2D eigenvalue weighted by Gasteiger charge is 2.18. The summed E-state index contributed by atoms with van der Waals surface area (Å²) in [6, 6.07) is 6.89. The quantitative estimate of drug-likeness (QED) is 0.682. The number of carbonyl (C=O) groups is 1. The number of rotatable bonds is 4. The van der Waals surface area contributed by atoms with Crippen molar-refractivity contribution in [2.75, 3.05) is 5.75 Å². The highest BCUT2D eigenvalue weighted by atomic mass is 32.2. The van der Waals surface area contributed by atoms with Gasteiger partial charge in [-0.05, 0) is 62.3 Å². The van der Waals surface area contributed by atoms with Crippen LogP contribution >= 0.6 is 11.8 Å². The second-order valence-corrected chi connectivity index (χ2v) is 8.62. The van der Waals surface area contributed by atoms with Crippen LogP contribution in [-0.4, -0.2) is 32.3 Å². The molecule has 1 aromatic carbocycles. The zero-order chi connectivity index (χ0) is 19.0. The third-order valence-corrected chi connectivity index (χ3v) is 6.29. The standard InChI is InChI=1S/C21H26N4OS/c1-13-9-14(2)19-16(10-13)11-15(3)20-23-24-21(25(19)20)27-12-18(26)22-17-7-5-4-6-8-17/h9-11,17H,4-8,12H2,1-3H3,(H,22,26). The number of carbonyl (C=O) groups excluding carboxylic acids is 1. The van der Waals surface area contributed by atoms with Gasteiger partial charge in [0.05, 0.1) is 11.3 Å². The minimum absolute atomic E-state index is 0.0909. The fourth-order valence-electron chi connectivity index (χ4n) is 4.17. The third-order valence-electron chi connectivity index (χ3n) is 5.36. The van der Waals surface area contributed by atoms with Gasteiger partial charge in [-0.1, -0.05) is 42.7 Å². The van der Waals surface area contributed by atoms with E-state index in [-0.39, 0.29) is 5.91 Å². The molecule has 5 nitrogen and oxygen atoms in total. The highest BCUT2D eigenvalue weighted by Crippen LogP contribution is 2.28. The first kappa shape index (κ1) is 18.3. The fraction of sp³-hybridized carbons (Fsp3) is 0.476. The molecule has 1 aliphatic carbocycles. The number of benzene rings is 1. The monoisotopic (exact) mass is 382 g/mol. The van der Waals surface area contributed by atoms with Crippen molar-refractivity contribution in [2.45, 2.75) is 64.1 Å². The zero-order valence-electron chi connectivity index (χ0n) is 16.2. The van der Waals surface area contributed by atoms with Gasteiger partial charge in [-0.3, -0.25) is 9.20 Å². The summed E-state index contributed by atoms with van der Waals surface area (Å²) in [5.74, 6) is 0.464. The largest absolute Gasteiger partial charge is 0.353 e. The van der Waals surface area contributed by atoms with Crippen molar-refractivity contribution in [3.63, 3.8) is 0 Å². The molecule has 1 fully saturated rings. The molecular formula is C21H26N4OS. The molecule has 0 spiro atoms. The van der Waals surface area contributed by atoms with E-state index in [9.17, 15) is 4.79 Å². The SMILES string of the molecule is Cc1cc(C)c2c(c1)cc(C)c1nnc(SCC(=O)NC3CCCCC3)n12. The Bertz CT molecular complexity index is 1000. The molecule has 4 rings (SSSR count). The molecule has 27 heavy (non-hydrogen) atoms. The molecule has 2 aromatic heterocycles. The Balaban J connectivity index is 1.61. The molecule has 1 saturated carbocycles. The number of aromatic nitrogens is 3. The number of pyridine rings is 1. The Morgan fingerprint density at radius 1 is 1.11 bits per heavy atom. The topological polar surface area (TPSA) is 59.3 Å². The molecular weight excluding hydrogens is 356 g/mol. The van der Waals surface area contributed by atoms with E-state index in [1.807, 2.05) is 0 Å². The van der Waals surface area contributed by atoms with Crippen molar-refractivity contribution in [1.29, 1.82) is 0 Å². The van der Waals surface area contributed by atoms with Crippen molar-refractivity contribution in [1.82, 2.24) is 19.9 Å². The second-order valence-electron chi connectivity index (χ2n) is 7.68. The first-order chi connectivity index (χ1) is 13.0. The minimum atomic E-state index is 0.0909. The molecule has 0 saturated heterocycles. The molecule has 1 amide bonds. The summed E-state index contributed by atoms with van der Waals surface area (Å²) in [4.78, 5) is 12.4. The van der Waals surface area contributed by atoms with E-state index >= 15 is 0 Å². The molecule has 1 N–H and O–H groups in total. The van der Waals surface area contributed by atoms with Crippen LogP contribution < -0.4 is 5.32 Å². The first-order valence-electron chi connectivity index (χ1n) is 9.71. The van der Waals surface area contributed by atoms with E-state index < -0.39 is 0 Å². The van der Waals surface area contributed by atoms with Crippen molar-refractivity contribution < 1.29 is 4.79 Å². The second kappa shape index (κ2) is 7.50. The van der Waals surface area contributed by atoms with Crippen LogP contribution in [0.1, 0.15) is 48.8 Å². The Hall–Kier alpha value is -2.08. The molecule has 142 valence electrons. The van der Waals surface area contributed by atoms with Crippen molar-refractivity contribution >= 4 is 34.2 Å². The Morgan fingerprint density at radius 3 is 2.67 bits per heavy atom. The number of amides is 1. The van der Waals surface area contributed by atoms with Crippen LogP contribution in [0.3, 0.4) is 0 Å². The number of aryl methyl sites for hydroxylation is 3. The molecule has 2 heterocycles. The lowest BCUT2D eigenvalue weighted by atomic mass is 9.95. The summed E-state index contributed by atoms with van der Waals surface area (Å²) in [7, 11) is 0. The van der Waals surface area contributed by atoms with E-state index in [0.29, 0.717) is 11.8 Å². The normalized spacial score (nSPS) is 15.5. The summed E-state index contributed by atoms with van der Waals surface area (Å²) in [5.41, 5.74) is 5.53. The van der Waals surface area contributed by atoms with Crippen LogP contribution in [-0.2, 0) is 4.79 Å². The summed E-state index contributed by atoms with van der Waals surface area (Å²) in [5, 5.41) is 13.9. The lowest BCUT2D eigenvalue weighted by molar-refractivity contribution is -0.119. The number of hydrogen-bond acceptors (Lipinski definition) is 4. The number of hydrogen-bond donors (Lipinski definition) is 1. The molecule has 3 aromatic rings. The van der Waals surface area contributed by atoms with Gasteiger partial charge in [-0.2, -0.15) is 0 Å². The van der Waals surface area contributed by atoms with Crippen molar-refractivity contribution in [2.24, 2.45) is 0 Å². The van der Waals surface area contributed by atoms with Gasteiger partial charge in [-0.15, -0.1) is 10.2 Å². The van der Waals surface area contributed by atoms with E-state index in [1.54, 1.807) is 0 Å². The lowest BCUT2D eigenvalue weighted by Gasteiger charge is -2.22. The molecule has 1 aliphatic rings. The number of fused-ring (bicyclic) bond motifs is 3. The fourth-order valence-corrected chi connectivity index (χ4v) is 4.92. The summed E-state index contributed by atoms with van der Waals surface area (Å²) >= 11 is 1.47. The lowest BCUT2D eigenvalue weighted by Crippen LogP contribution is -2.37. The van der Waals surface area contributed by atoms with Gasteiger partial charge in [0.1, 0.15) is 0 Å². The predicted molar refractivity (Wildman–Crippen MR) is 110 cm³/mol. The van der Waals surface area contributed by atoms with Gasteiger partial charge in [0, 0.05) is 6.04 Å². The van der Waals surface area contributed by atoms with Crippen LogP contribution in [0.15, 0.2) is 23.4 Å². The van der Waals surface area contributed by atoms with E-state index in [0.717, 1.165) is 34.7 Å². The Morgan fingerprint density at radius 2 is 1.89 bits per heavy atom. The van der Waals surface area contributed by atoms with Gasteiger partial charge >= 0.3 is 0 Å². The molecule has 0 radical (unpaired) electrons. The minimum Gasteiger partial charge on any atom is -0.353 e. The van der Waals surface area contributed by atoms with Crippen molar-refractivity contribution in [3.8, 4) is 0 Å². The van der Waals surface area contributed by atoms with Crippen molar-refractivity contribution in [3.05, 3.63) is 34.9 Å². The smallest absolute Gasteiger partial charge is 0.230 e. The molecule has 0 unspecified atom stereocenters. The Labute approximate surface area is 163 Å². The van der Waals surface area contributed by atoms with E-state index in [2.05, 4.69) is 58.9 Å². The van der Waals surface area contributed by atoms with Crippen LogP contribution in [0.25, 0.3) is 16.6 Å². The maximum absolute atomic E-state index is 12.4. The van der Waals surface area contributed by atoms with Gasteiger partial charge in [-0.25, -0.2) is 0 Å². The summed E-state index contributed by atoms with van der Waals surface area (Å²) in [6.07, 6.45) is 5.94. The van der Waals surface area contributed by atoms with Gasteiger partial charge in [0.2, 0.25) is 5.91 Å². The van der Waals surface area contributed by atoms with Gasteiger partial charge < -0.3 is 5.32 Å².